The van der Waals surface area contributed by atoms with Crippen molar-refractivity contribution in [2.45, 2.75) is 58.9 Å². The minimum Gasteiger partial charge on any atom is -0.459 e. The zero-order valence-electron chi connectivity index (χ0n) is 13.4. The normalized spacial score (nSPS) is 28.4. The van der Waals surface area contributed by atoms with Crippen molar-refractivity contribution < 1.29 is 14.0 Å². The first-order chi connectivity index (χ1) is 8.47. The van der Waals surface area contributed by atoms with E-state index < -0.39 is 8.32 Å². The van der Waals surface area contributed by atoms with E-state index in [1.807, 2.05) is 13.8 Å². The first kappa shape index (κ1) is 16.4. The summed E-state index contributed by atoms with van der Waals surface area (Å²) < 4.78 is 11.6. The van der Waals surface area contributed by atoms with Gasteiger partial charge in [-0.15, -0.1) is 0 Å². The van der Waals surface area contributed by atoms with Gasteiger partial charge >= 0.3 is 5.97 Å². The first-order valence-corrected chi connectivity index (χ1v) is 9.88. The third-order valence-corrected chi connectivity index (χ3v) is 9.08. The number of cyclic esters (lactones) is 1. The predicted octanol–water partition coefficient (Wildman–Crippen LogP) is 3.76. The molecule has 0 aromatic carbocycles. The van der Waals surface area contributed by atoms with Crippen LogP contribution in [0.5, 0.6) is 0 Å². The predicted molar refractivity (Wildman–Crippen MR) is 80.5 cm³/mol. The van der Waals surface area contributed by atoms with Gasteiger partial charge in [0.05, 0.1) is 12.5 Å². The Labute approximate surface area is 118 Å². The summed E-state index contributed by atoms with van der Waals surface area (Å²) in [6, 6.07) is 0. The molecule has 0 aliphatic carbocycles. The molecule has 1 rings (SSSR count). The number of hydrogen-bond acceptors (Lipinski definition) is 3. The van der Waals surface area contributed by atoms with Gasteiger partial charge in [-0.1, -0.05) is 39.8 Å². The molecule has 3 nitrogen and oxygen atoms in total. The minimum absolute atomic E-state index is 0.136. The average molecular weight is 284 g/mol. The molecule has 0 amide bonds. The highest BCUT2D eigenvalue weighted by Crippen LogP contribution is 2.38. The molecule has 3 atom stereocenters. The Balaban J connectivity index is 2.66. The summed E-state index contributed by atoms with van der Waals surface area (Å²) in [5.41, 5.74) is 0.882. The fourth-order valence-corrected chi connectivity index (χ4v) is 3.12. The number of carbonyl (C=O) groups is 1. The molecule has 1 heterocycles. The second-order valence-corrected chi connectivity index (χ2v) is 12.0. The van der Waals surface area contributed by atoms with Gasteiger partial charge in [0.15, 0.2) is 8.32 Å². The van der Waals surface area contributed by atoms with E-state index in [0.717, 1.165) is 5.57 Å². The van der Waals surface area contributed by atoms with Crippen LogP contribution in [0.3, 0.4) is 0 Å². The number of ether oxygens (including phenoxy) is 1. The van der Waals surface area contributed by atoms with Gasteiger partial charge in [0.25, 0.3) is 0 Å². The van der Waals surface area contributed by atoms with Crippen molar-refractivity contribution in [3.05, 3.63) is 12.2 Å². The second kappa shape index (κ2) is 5.41. The zero-order valence-corrected chi connectivity index (χ0v) is 14.4. The number of carbonyl (C=O) groups excluding carboxylic acids is 1. The number of rotatable bonds is 4. The van der Waals surface area contributed by atoms with Crippen molar-refractivity contribution >= 4 is 14.3 Å². The Morgan fingerprint density at radius 1 is 1.42 bits per heavy atom. The van der Waals surface area contributed by atoms with Crippen LogP contribution in [0.2, 0.25) is 18.1 Å². The van der Waals surface area contributed by atoms with E-state index in [2.05, 4.69) is 40.4 Å². The molecular formula is C15H28O3Si. The molecule has 0 radical (unpaired) electrons. The van der Waals surface area contributed by atoms with Crippen molar-refractivity contribution in [1.82, 2.24) is 0 Å². The van der Waals surface area contributed by atoms with Gasteiger partial charge in [-0.3, -0.25) is 4.79 Å². The lowest BCUT2D eigenvalue weighted by Gasteiger charge is -2.37. The molecular weight excluding hydrogens is 256 g/mol. The lowest BCUT2D eigenvalue weighted by molar-refractivity contribution is -0.144. The summed E-state index contributed by atoms with van der Waals surface area (Å²) in [4.78, 5) is 11.8. The Bertz CT molecular complexity index is 368. The summed E-state index contributed by atoms with van der Waals surface area (Å²) in [6.07, 6.45) is -0.136. The van der Waals surface area contributed by atoms with Crippen LogP contribution in [-0.2, 0) is 14.0 Å². The Kier molecular flexibility index (Phi) is 4.68. The topological polar surface area (TPSA) is 35.5 Å². The molecule has 0 saturated carbocycles. The summed E-state index contributed by atoms with van der Waals surface area (Å²) in [6.45, 7) is 19.4. The standard InChI is InChI=1S/C15H28O3Si/c1-10(2)13-11(3)12(18-14(13)16)9-17-19(7,8)15(4,5)6/h11-13H,1,9H2,2-8H3/t11-,12-,13+/m1/s1. The summed E-state index contributed by atoms with van der Waals surface area (Å²) in [5.74, 6) is -0.174. The molecule has 0 spiro atoms. The number of hydrogen-bond donors (Lipinski definition) is 0. The Morgan fingerprint density at radius 3 is 2.32 bits per heavy atom. The quantitative estimate of drug-likeness (QED) is 0.448. The first-order valence-electron chi connectivity index (χ1n) is 6.97. The van der Waals surface area contributed by atoms with Crippen LogP contribution in [0.4, 0.5) is 0 Å². The van der Waals surface area contributed by atoms with E-state index in [-0.39, 0.29) is 28.9 Å². The van der Waals surface area contributed by atoms with Crippen LogP contribution in [0.15, 0.2) is 12.2 Å². The lowest BCUT2D eigenvalue weighted by Crippen LogP contribution is -2.43. The van der Waals surface area contributed by atoms with Crippen LogP contribution in [0.25, 0.3) is 0 Å². The highest BCUT2D eigenvalue weighted by Gasteiger charge is 2.44. The van der Waals surface area contributed by atoms with Crippen LogP contribution in [-0.4, -0.2) is 27.0 Å². The number of esters is 1. The van der Waals surface area contributed by atoms with Crippen LogP contribution in [0, 0.1) is 11.8 Å². The van der Waals surface area contributed by atoms with Crippen molar-refractivity contribution in [1.29, 1.82) is 0 Å². The van der Waals surface area contributed by atoms with Crippen LogP contribution in [0.1, 0.15) is 34.6 Å². The van der Waals surface area contributed by atoms with E-state index in [4.69, 9.17) is 9.16 Å². The molecule has 0 aromatic rings. The Hall–Kier alpha value is -0.613. The SMILES string of the molecule is C=C(C)[C@@H]1C(=O)O[C@H](CO[Si](C)(C)C(C)(C)C)[C@H]1C. The maximum Gasteiger partial charge on any atom is 0.313 e. The highest BCUT2D eigenvalue weighted by atomic mass is 28.4. The molecule has 0 bridgehead atoms. The van der Waals surface area contributed by atoms with Crippen molar-refractivity contribution in [3.63, 3.8) is 0 Å². The van der Waals surface area contributed by atoms with Gasteiger partial charge in [-0.05, 0) is 25.1 Å². The molecule has 0 unspecified atom stereocenters. The molecule has 110 valence electrons. The van der Waals surface area contributed by atoms with E-state index in [9.17, 15) is 4.79 Å². The third kappa shape index (κ3) is 3.48. The minimum atomic E-state index is -1.79. The smallest absolute Gasteiger partial charge is 0.313 e. The second-order valence-electron chi connectivity index (χ2n) is 7.23. The van der Waals surface area contributed by atoms with Gasteiger partial charge in [-0.25, -0.2) is 0 Å². The van der Waals surface area contributed by atoms with Crippen molar-refractivity contribution in [2.24, 2.45) is 11.8 Å². The maximum atomic E-state index is 11.8. The molecule has 0 N–H and O–H groups in total. The van der Waals surface area contributed by atoms with Gasteiger partial charge in [-0.2, -0.15) is 0 Å². The maximum absolute atomic E-state index is 11.8. The van der Waals surface area contributed by atoms with E-state index in [0.29, 0.717) is 6.61 Å². The summed E-state index contributed by atoms with van der Waals surface area (Å²) in [5, 5.41) is 0.173. The average Bonchev–Trinajstić information content (AvgIpc) is 2.49. The zero-order chi connectivity index (χ0) is 15.0. The van der Waals surface area contributed by atoms with Crippen LogP contribution < -0.4 is 0 Å². The molecule has 1 aliphatic rings. The molecule has 1 saturated heterocycles. The van der Waals surface area contributed by atoms with Gasteiger partial charge in [0.1, 0.15) is 6.10 Å². The van der Waals surface area contributed by atoms with Gasteiger partial charge in [0, 0.05) is 5.92 Å². The lowest BCUT2D eigenvalue weighted by atomic mass is 9.88. The van der Waals surface area contributed by atoms with E-state index >= 15 is 0 Å². The fourth-order valence-electron chi connectivity index (χ4n) is 2.10. The highest BCUT2D eigenvalue weighted by molar-refractivity contribution is 6.74. The largest absolute Gasteiger partial charge is 0.459 e. The van der Waals surface area contributed by atoms with Gasteiger partial charge < -0.3 is 9.16 Å². The third-order valence-electron chi connectivity index (χ3n) is 4.58. The van der Waals surface area contributed by atoms with Gasteiger partial charge in [0.2, 0.25) is 0 Å². The fraction of sp³-hybridized carbons (Fsp3) is 0.800. The molecule has 4 heteroatoms. The molecule has 1 fully saturated rings. The van der Waals surface area contributed by atoms with Crippen molar-refractivity contribution in [3.8, 4) is 0 Å². The van der Waals surface area contributed by atoms with Crippen molar-refractivity contribution in [2.75, 3.05) is 6.61 Å². The van der Waals surface area contributed by atoms with Crippen LogP contribution >= 0.6 is 0 Å². The monoisotopic (exact) mass is 284 g/mol. The van der Waals surface area contributed by atoms with E-state index in [1.165, 1.54) is 0 Å². The Morgan fingerprint density at radius 2 is 1.95 bits per heavy atom. The van der Waals surface area contributed by atoms with E-state index in [1.54, 1.807) is 0 Å². The summed E-state index contributed by atoms with van der Waals surface area (Å²) >= 11 is 0. The molecule has 19 heavy (non-hydrogen) atoms. The molecule has 0 aromatic heterocycles. The molecule has 1 aliphatic heterocycles. The summed E-state index contributed by atoms with van der Waals surface area (Å²) in [7, 11) is -1.79.